The number of ether oxygens (including phenoxy) is 2. The van der Waals surface area contributed by atoms with Crippen LogP contribution in [0.5, 0.6) is 11.5 Å². The molecular formula is C22H28N4O2. The van der Waals surface area contributed by atoms with Crippen LogP contribution >= 0.6 is 0 Å². The van der Waals surface area contributed by atoms with Crippen LogP contribution in [0.3, 0.4) is 0 Å². The van der Waals surface area contributed by atoms with Crippen LogP contribution in [0, 0.1) is 0 Å². The molecule has 148 valence electrons. The summed E-state index contributed by atoms with van der Waals surface area (Å²) in [6, 6.07) is 6.99. The Hall–Kier alpha value is -2.34. The minimum absolute atomic E-state index is 0.400. The first-order valence-corrected chi connectivity index (χ1v) is 10.3. The van der Waals surface area contributed by atoms with E-state index in [0.29, 0.717) is 12.1 Å². The minimum Gasteiger partial charge on any atom is -0.497 e. The third-order valence-corrected chi connectivity index (χ3v) is 6.55. The average molecular weight is 380 g/mol. The molecule has 0 aliphatic carbocycles. The van der Waals surface area contributed by atoms with Gasteiger partial charge in [-0.15, -0.1) is 0 Å². The molecule has 6 nitrogen and oxygen atoms in total. The molecule has 2 aromatic rings. The summed E-state index contributed by atoms with van der Waals surface area (Å²) in [6.45, 7) is 3.05. The first-order valence-electron chi connectivity index (χ1n) is 10.3. The van der Waals surface area contributed by atoms with Crippen molar-refractivity contribution in [1.82, 2.24) is 14.9 Å². The van der Waals surface area contributed by atoms with Gasteiger partial charge in [0, 0.05) is 55.5 Å². The zero-order valence-corrected chi connectivity index (χ0v) is 16.7. The topological polar surface area (TPSA) is 50.7 Å². The number of rotatable bonds is 5. The highest BCUT2D eigenvalue weighted by atomic mass is 16.5. The lowest BCUT2D eigenvalue weighted by molar-refractivity contribution is 0.164. The van der Waals surface area contributed by atoms with E-state index in [1.165, 1.54) is 42.5 Å². The molecule has 2 saturated heterocycles. The summed E-state index contributed by atoms with van der Waals surface area (Å²) in [5.74, 6) is 2.73. The van der Waals surface area contributed by atoms with Crippen molar-refractivity contribution in [2.24, 2.45) is 0 Å². The van der Waals surface area contributed by atoms with E-state index < -0.39 is 0 Å². The number of methoxy groups -OCH3 is 2. The molecule has 28 heavy (non-hydrogen) atoms. The second-order valence-corrected chi connectivity index (χ2v) is 8.07. The predicted octanol–water partition coefficient (Wildman–Crippen LogP) is 3.36. The fourth-order valence-electron chi connectivity index (χ4n) is 5.08. The third kappa shape index (κ3) is 3.00. The lowest BCUT2D eigenvalue weighted by Crippen LogP contribution is -2.38. The van der Waals surface area contributed by atoms with E-state index in [4.69, 9.17) is 19.4 Å². The lowest BCUT2D eigenvalue weighted by atomic mass is 9.98. The van der Waals surface area contributed by atoms with Gasteiger partial charge in [0.25, 0.3) is 0 Å². The van der Waals surface area contributed by atoms with E-state index in [1.54, 1.807) is 14.2 Å². The van der Waals surface area contributed by atoms with Crippen molar-refractivity contribution in [3.63, 3.8) is 0 Å². The van der Waals surface area contributed by atoms with Gasteiger partial charge in [0.05, 0.1) is 19.9 Å². The molecule has 0 unspecified atom stereocenters. The van der Waals surface area contributed by atoms with Crippen molar-refractivity contribution in [1.29, 1.82) is 0 Å². The molecule has 4 heterocycles. The standard InChI is InChI=1S/C22H28N4O2/c1-27-17-6-8-21(28-2)15(11-17)14-26-16-5-7-20(26)18-13-23-22(24-19(18)12-16)25-9-3-4-10-25/h6,8,11,13,16,20H,3-5,7,9-10,12,14H2,1-2H3/t16-,20+/m0/s1. The Balaban J connectivity index is 1.42. The highest BCUT2D eigenvalue weighted by Gasteiger charge is 2.41. The van der Waals surface area contributed by atoms with Crippen molar-refractivity contribution >= 4 is 5.95 Å². The van der Waals surface area contributed by atoms with E-state index in [9.17, 15) is 0 Å². The molecule has 3 aliphatic rings. The van der Waals surface area contributed by atoms with Gasteiger partial charge < -0.3 is 14.4 Å². The summed E-state index contributed by atoms with van der Waals surface area (Å²) in [5.41, 5.74) is 3.76. The van der Waals surface area contributed by atoms with Gasteiger partial charge in [-0.3, -0.25) is 4.90 Å². The van der Waals surface area contributed by atoms with E-state index in [1.807, 2.05) is 12.1 Å². The summed E-state index contributed by atoms with van der Waals surface area (Å²) in [6.07, 6.45) is 8.01. The number of hydrogen-bond acceptors (Lipinski definition) is 6. The fourth-order valence-corrected chi connectivity index (χ4v) is 5.08. The summed E-state index contributed by atoms with van der Waals surface area (Å²) in [7, 11) is 3.45. The van der Waals surface area contributed by atoms with E-state index in [-0.39, 0.29) is 0 Å². The Morgan fingerprint density at radius 3 is 2.75 bits per heavy atom. The van der Waals surface area contributed by atoms with Crippen molar-refractivity contribution in [3.8, 4) is 11.5 Å². The first kappa shape index (κ1) is 17.7. The van der Waals surface area contributed by atoms with Crippen molar-refractivity contribution in [3.05, 3.63) is 41.2 Å². The Labute approximate surface area is 166 Å². The number of fused-ring (bicyclic) bond motifs is 4. The number of anilines is 1. The molecule has 0 spiro atoms. The smallest absolute Gasteiger partial charge is 0.225 e. The molecule has 2 fully saturated rings. The maximum Gasteiger partial charge on any atom is 0.225 e. The third-order valence-electron chi connectivity index (χ3n) is 6.55. The molecule has 2 bridgehead atoms. The maximum atomic E-state index is 5.61. The van der Waals surface area contributed by atoms with Crippen LogP contribution in [-0.4, -0.2) is 48.2 Å². The van der Waals surface area contributed by atoms with Crippen LogP contribution in [0.4, 0.5) is 5.95 Å². The van der Waals surface area contributed by atoms with Crippen LogP contribution in [0.2, 0.25) is 0 Å². The number of hydrogen-bond donors (Lipinski definition) is 0. The molecule has 0 N–H and O–H groups in total. The van der Waals surface area contributed by atoms with Gasteiger partial charge in [-0.05, 0) is 43.9 Å². The van der Waals surface area contributed by atoms with Crippen LogP contribution < -0.4 is 14.4 Å². The molecule has 5 rings (SSSR count). The fraction of sp³-hybridized carbons (Fsp3) is 0.545. The second kappa shape index (κ2) is 7.24. The highest BCUT2D eigenvalue weighted by Crippen LogP contribution is 2.44. The SMILES string of the molecule is COc1ccc(OC)c(CN2[C@H]3CC[C@@H]2c2cnc(N4CCCC4)nc2C3)c1. The summed E-state index contributed by atoms with van der Waals surface area (Å²) >= 11 is 0. The van der Waals surface area contributed by atoms with E-state index >= 15 is 0 Å². The molecule has 2 atom stereocenters. The quantitative estimate of drug-likeness (QED) is 0.793. The molecule has 0 saturated carbocycles. The average Bonchev–Trinajstić information content (AvgIpc) is 3.35. The van der Waals surface area contributed by atoms with Crippen LogP contribution in [0.15, 0.2) is 24.4 Å². The van der Waals surface area contributed by atoms with E-state index in [0.717, 1.165) is 43.5 Å². The predicted molar refractivity (Wildman–Crippen MR) is 108 cm³/mol. The molecule has 0 amide bonds. The largest absolute Gasteiger partial charge is 0.497 e. The Morgan fingerprint density at radius 1 is 1.11 bits per heavy atom. The zero-order valence-electron chi connectivity index (χ0n) is 16.7. The molecule has 0 radical (unpaired) electrons. The summed E-state index contributed by atoms with van der Waals surface area (Å²) in [4.78, 5) is 14.7. The van der Waals surface area contributed by atoms with Gasteiger partial charge >= 0.3 is 0 Å². The summed E-state index contributed by atoms with van der Waals surface area (Å²) < 4.78 is 11.0. The van der Waals surface area contributed by atoms with Gasteiger partial charge in [-0.25, -0.2) is 9.97 Å². The number of benzene rings is 1. The van der Waals surface area contributed by atoms with Crippen LogP contribution in [0.25, 0.3) is 0 Å². The molecule has 3 aliphatic heterocycles. The van der Waals surface area contributed by atoms with E-state index in [2.05, 4.69) is 22.1 Å². The lowest BCUT2D eigenvalue weighted by Gasteiger charge is -2.36. The van der Waals surface area contributed by atoms with Gasteiger partial charge in [0.15, 0.2) is 0 Å². The van der Waals surface area contributed by atoms with Crippen molar-refractivity contribution in [2.45, 2.75) is 50.7 Å². The number of nitrogens with zero attached hydrogens (tertiary/aromatic N) is 4. The zero-order chi connectivity index (χ0) is 19.1. The monoisotopic (exact) mass is 380 g/mol. The Morgan fingerprint density at radius 2 is 1.96 bits per heavy atom. The Kier molecular flexibility index (Phi) is 4.59. The first-order chi connectivity index (χ1) is 13.8. The molecule has 6 heteroatoms. The molecule has 1 aromatic heterocycles. The summed E-state index contributed by atoms with van der Waals surface area (Å²) in [5, 5.41) is 0. The normalized spacial score (nSPS) is 23.7. The van der Waals surface area contributed by atoms with Crippen LogP contribution in [-0.2, 0) is 13.0 Å². The second-order valence-electron chi connectivity index (χ2n) is 8.07. The van der Waals surface area contributed by atoms with Crippen molar-refractivity contribution < 1.29 is 9.47 Å². The highest BCUT2D eigenvalue weighted by molar-refractivity contribution is 5.42. The van der Waals surface area contributed by atoms with Crippen LogP contribution in [0.1, 0.15) is 48.5 Å². The Bertz CT molecular complexity index is 866. The van der Waals surface area contributed by atoms with Gasteiger partial charge in [-0.2, -0.15) is 0 Å². The maximum absolute atomic E-state index is 5.61. The molecule has 1 aromatic carbocycles. The molecular weight excluding hydrogens is 352 g/mol. The number of aromatic nitrogens is 2. The van der Waals surface area contributed by atoms with Gasteiger partial charge in [0.1, 0.15) is 11.5 Å². The van der Waals surface area contributed by atoms with Gasteiger partial charge in [0.2, 0.25) is 5.95 Å². The van der Waals surface area contributed by atoms with Gasteiger partial charge in [-0.1, -0.05) is 0 Å². The minimum atomic E-state index is 0.400. The van der Waals surface area contributed by atoms with Crippen molar-refractivity contribution in [2.75, 3.05) is 32.2 Å².